The van der Waals surface area contributed by atoms with Crippen molar-refractivity contribution in [1.29, 1.82) is 0 Å². The minimum atomic E-state index is -0.259. The van der Waals surface area contributed by atoms with Crippen molar-refractivity contribution in [3.63, 3.8) is 0 Å². The fourth-order valence-corrected chi connectivity index (χ4v) is 1.97. The molecule has 0 atom stereocenters. The number of fused-ring (bicyclic) bond motifs is 1. The molecule has 18 heavy (non-hydrogen) atoms. The molecule has 0 saturated carbocycles. The molecule has 3 rings (SSSR count). The molecule has 90 valence electrons. The molecule has 1 aromatic carbocycles. The second-order valence-electron chi connectivity index (χ2n) is 4.05. The highest BCUT2D eigenvalue weighted by Gasteiger charge is 2.13. The number of aromatic amines is 1. The summed E-state index contributed by atoms with van der Waals surface area (Å²) < 4.78 is 1.61. The zero-order chi connectivity index (χ0) is 12.7. The third-order valence-electron chi connectivity index (χ3n) is 2.74. The van der Waals surface area contributed by atoms with Gasteiger partial charge in [0, 0.05) is 5.69 Å². The second kappa shape index (κ2) is 3.69. The summed E-state index contributed by atoms with van der Waals surface area (Å²) in [7, 11) is 0. The van der Waals surface area contributed by atoms with Crippen LogP contribution in [0.5, 0.6) is 0 Å². The number of aromatic nitrogens is 4. The first-order chi connectivity index (χ1) is 8.66. The van der Waals surface area contributed by atoms with E-state index in [-0.39, 0.29) is 11.5 Å². The largest absolute Gasteiger partial charge is 0.369 e. The lowest BCUT2D eigenvalue weighted by atomic mass is 10.2. The maximum absolute atomic E-state index is 11.9. The lowest BCUT2D eigenvalue weighted by Gasteiger charge is -2.06. The summed E-state index contributed by atoms with van der Waals surface area (Å²) >= 11 is 0. The van der Waals surface area contributed by atoms with Gasteiger partial charge in [0.15, 0.2) is 11.2 Å². The van der Waals surface area contributed by atoms with Crippen LogP contribution in [-0.2, 0) is 0 Å². The monoisotopic (exact) mass is 241 g/mol. The van der Waals surface area contributed by atoms with Crippen LogP contribution in [0.25, 0.3) is 16.9 Å². The molecule has 0 saturated heterocycles. The van der Waals surface area contributed by atoms with E-state index in [1.54, 1.807) is 4.57 Å². The van der Waals surface area contributed by atoms with Gasteiger partial charge in [-0.2, -0.15) is 4.98 Å². The molecule has 2 heterocycles. The Kier molecular flexibility index (Phi) is 2.16. The molecule has 2 aromatic heterocycles. The highest BCUT2D eigenvalue weighted by atomic mass is 16.1. The van der Waals surface area contributed by atoms with Crippen LogP contribution in [0.3, 0.4) is 0 Å². The molecule has 0 bridgehead atoms. The van der Waals surface area contributed by atoms with E-state index >= 15 is 0 Å². The van der Waals surface area contributed by atoms with E-state index in [4.69, 9.17) is 5.73 Å². The van der Waals surface area contributed by atoms with E-state index in [1.165, 1.54) is 6.33 Å². The van der Waals surface area contributed by atoms with Gasteiger partial charge in [-0.05, 0) is 24.6 Å². The highest BCUT2D eigenvalue weighted by molar-refractivity contribution is 5.76. The van der Waals surface area contributed by atoms with Crippen molar-refractivity contribution in [2.75, 3.05) is 5.73 Å². The molecule has 0 aliphatic rings. The number of nitrogens with zero attached hydrogens (tertiary/aromatic N) is 3. The number of nitrogens with one attached hydrogen (secondary N) is 1. The van der Waals surface area contributed by atoms with Crippen LogP contribution in [0.15, 0.2) is 35.4 Å². The van der Waals surface area contributed by atoms with Gasteiger partial charge in [-0.25, -0.2) is 4.98 Å². The predicted octanol–water partition coefficient (Wildman–Crippen LogP) is 0.999. The third kappa shape index (κ3) is 1.46. The molecule has 0 amide bonds. The summed E-state index contributed by atoms with van der Waals surface area (Å²) in [6.07, 6.45) is 1.32. The SMILES string of the molecule is Cc1cccc(-n2c(N)nc3nc[nH]c(=O)c32)c1. The summed E-state index contributed by atoms with van der Waals surface area (Å²) in [6.45, 7) is 1.97. The first kappa shape index (κ1) is 10.5. The van der Waals surface area contributed by atoms with Crippen LogP contribution in [0.1, 0.15) is 5.56 Å². The van der Waals surface area contributed by atoms with Crippen molar-refractivity contribution in [3.05, 3.63) is 46.5 Å². The Bertz CT molecular complexity index is 787. The number of rotatable bonds is 1. The normalized spacial score (nSPS) is 10.9. The van der Waals surface area contributed by atoms with Crippen LogP contribution >= 0.6 is 0 Å². The average Bonchev–Trinajstić information content (AvgIpc) is 2.67. The maximum atomic E-state index is 11.9. The lowest BCUT2D eigenvalue weighted by molar-refractivity contribution is 1.08. The van der Waals surface area contributed by atoms with E-state index in [1.807, 2.05) is 31.2 Å². The molecule has 0 unspecified atom stereocenters. The Balaban J connectivity index is 2.42. The molecule has 0 spiro atoms. The summed E-state index contributed by atoms with van der Waals surface area (Å²) in [6, 6.07) is 7.68. The number of nitrogen functional groups attached to an aromatic ring is 1. The molecule has 6 nitrogen and oxygen atoms in total. The Hall–Kier alpha value is -2.63. The van der Waals surface area contributed by atoms with Gasteiger partial charge in [-0.1, -0.05) is 12.1 Å². The number of aryl methyl sites for hydroxylation is 1. The van der Waals surface area contributed by atoms with Crippen molar-refractivity contribution >= 4 is 17.1 Å². The molecule has 0 radical (unpaired) electrons. The van der Waals surface area contributed by atoms with Crippen LogP contribution in [0.4, 0.5) is 5.95 Å². The van der Waals surface area contributed by atoms with E-state index in [9.17, 15) is 4.79 Å². The molecular weight excluding hydrogens is 230 g/mol. The number of benzene rings is 1. The summed E-state index contributed by atoms with van der Waals surface area (Å²) in [5, 5.41) is 0. The Morgan fingerprint density at radius 1 is 1.39 bits per heavy atom. The predicted molar refractivity (Wildman–Crippen MR) is 68.6 cm³/mol. The van der Waals surface area contributed by atoms with Crippen LogP contribution in [0.2, 0.25) is 0 Å². The molecule has 0 aliphatic carbocycles. The summed E-state index contributed by atoms with van der Waals surface area (Å²) in [5.41, 5.74) is 8.19. The van der Waals surface area contributed by atoms with Gasteiger partial charge in [0.05, 0.1) is 6.33 Å². The molecule has 3 aromatic rings. The van der Waals surface area contributed by atoms with Gasteiger partial charge in [0.1, 0.15) is 0 Å². The zero-order valence-electron chi connectivity index (χ0n) is 9.71. The quantitative estimate of drug-likeness (QED) is 0.665. The van der Waals surface area contributed by atoms with Gasteiger partial charge in [0.2, 0.25) is 5.95 Å². The Morgan fingerprint density at radius 2 is 2.22 bits per heavy atom. The standard InChI is InChI=1S/C12H11N5O/c1-7-3-2-4-8(5-7)17-9-10(16-12(17)13)14-6-15-11(9)18/h2-6H,1H3,(H3,13,14,15,16,18). The Morgan fingerprint density at radius 3 is 3.00 bits per heavy atom. The maximum Gasteiger partial charge on any atom is 0.277 e. The molecule has 0 aliphatic heterocycles. The summed E-state index contributed by atoms with van der Waals surface area (Å²) in [5.74, 6) is 0.250. The smallest absolute Gasteiger partial charge is 0.277 e. The minimum Gasteiger partial charge on any atom is -0.369 e. The number of H-pyrrole nitrogens is 1. The average molecular weight is 241 g/mol. The van der Waals surface area contributed by atoms with E-state index in [0.29, 0.717) is 11.2 Å². The van der Waals surface area contributed by atoms with Crippen LogP contribution in [0, 0.1) is 6.92 Å². The summed E-state index contributed by atoms with van der Waals surface area (Å²) in [4.78, 5) is 22.5. The van der Waals surface area contributed by atoms with Gasteiger partial charge < -0.3 is 10.7 Å². The third-order valence-corrected chi connectivity index (χ3v) is 2.74. The molecule has 0 fully saturated rings. The molecule has 6 heteroatoms. The fraction of sp³-hybridized carbons (Fsp3) is 0.0833. The number of nitrogens with two attached hydrogens (primary N) is 1. The molecule has 3 N–H and O–H groups in total. The minimum absolute atomic E-state index is 0.250. The van der Waals surface area contributed by atoms with Crippen LogP contribution < -0.4 is 11.3 Å². The Labute approximate surface area is 102 Å². The molecular formula is C12H11N5O. The van der Waals surface area contributed by atoms with Crippen molar-refractivity contribution in [2.45, 2.75) is 6.92 Å². The second-order valence-corrected chi connectivity index (χ2v) is 4.05. The number of hydrogen-bond donors (Lipinski definition) is 2. The van der Waals surface area contributed by atoms with E-state index in [0.717, 1.165) is 11.3 Å². The van der Waals surface area contributed by atoms with Crippen molar-refractivity contribution < 1.29 is 0 Å². The number of anilines is 1. The first-order valence-electron chi connectivity index (χ1n) is 5.45. The first-order valence-corrected chi connectivity index (χ1v) is 5.45. The van der Waals surface area contributed by atoms with Gasteiger partial charge in [-0.15, -0.1) is 0 Å². The zero-order valence-corrected chi connectivity index (χ0v) is 9.71. The van der Waals surface area contributed by atoms with Crippen molar-refractivity contribution in [3.8, 4) is 5.69 Å². The van der Waals surface area contributed by atoms with Crippen molar-refractivity contribution in [2.24, 2.45) is 0 Å². The highest BCUT2D eigenvalue weighted by Crippen LogP contribution is 2.19. The van der Waals surface area contributed by atoms with Gasteiger partial charge in [-0.3, -0.25) is 9.36 Å². The van der Waals surface area contributed by atoms with Gasteiger partial charge in [0.25, 0.3) is 5.56 Å². The van der Waals surface area contributed by atoms with Crippen molar-refractivity contribution in [1.82, 2.24) is 19.5 Å². The van der Waals surface area contributed by atoms with E-state index in [2.05, 4.69) is 15.0 Å². The topological polar surface area (TPSA) is 89.6 Å². The van der Waals surface area contributed by atoms with Gasteiger partial charge >= 0.3 is 0 Å². The van der Waals surface area contributed by atoms with E-state index < -0.39 is 0 Å². The number of hydrogen-bond acceptors (Lipinski definition) is 4. The number of imidazole rings is 1. The van der Waals surface area contributed by atoms with Crippen LogP contribution in [-0.4, -0.2) is 19.5 Å². The fourth-order valence-electron chi connectivity index (χ4n) is 1.97. The lowest BCUT2D eigenvalue weighted by Crippen LogP contribution is -2.11.